The number of nitrogens with two attached hydrogens (primary N) is 1. The summed E-state index contributed by atoms with van der Waals surface area (Å²) in [7, 11) is 0. The molecule has 0 bridgehead atoms. The number of likely N-dealkylation sites (tertiary alicyclic amines) is 1. The SMILES string of the molecule is C[C@@H]1CC[C@@H](Oc2cc(N)ccn2)CN1C(=O)c1ccsc1-n1nccn1. The number of nitrogens with zero attached hydrogens (tertiary/aromatic N) is 5. The summed E-state index contributed by atoms with van der Waals surface area (Å²) < 4.78 is 5.97. The van der Waals surface area contributed by atoms with E-state index in [9.17, 15) is 4.79 Å². The van der Waals surface area contributed by atoms with Crippen LogP contribution in [0.5, 0.6) is 5.88 Å². The number of ether oxygens (including phenoxy) is 1. The number of anilines is 1. The predicted octanol–water partition coefficient (Wildman–Crippen LogP) is 2.38. The van der Waals surface area contributed by atoms with Crippen LogP contribution in [0.4, 0.5) is 5.69 Å². The van der Waals surface area contributed by atoms with Gasteiger partial charge in [-0.3, -0.25) is 4.79 Å². The largest absolute Gasteiger partial charge is 0.472 e. The van der Waals surface area contributed by atoms with Gasteiger partial charge in [0.1, 0.15) is 6.10 Å². The number of amides is 1. The van der Waals surface area contributed by atoms with Crippen LogP contribution >= 0.6 is 11.3 Å². The molecule has 1 amide bonds. The van der Waals surface area contributed by atoms with Gasteiger partial charge in [-0.15, -0.1) is 16.1 Å². The minimum absolute atomic E-state index is 0.0371. The van der Waals surface area contributed by atoms with Crippen LogP contribution in [-0.4, -0.2) is 49.5 Å². The van der Waals surface area contributed by atoms with Gasteiger partial charge in [-0.2, -0.15) is 10.2 Å². The Morgan fingerprint density at radius 3 is 2.85 bits per heavy atom. The maximum atomic E-state index is 13.2. The van der Waals surface area contributed by atoms with Gasteiger partial charge in [0, 0.05) is 24.0 Å². The molecule has 2 N–H and O–H groups in total. The molecule has 3 aromatic heterocycles. The lowest BCUT2D eigenvalue weighted by atomic mass is 10.0. The molecule has 2 atom stereocenters. The molecule has 1 aliphatic rings. The summed E-state index contributed by atoms with van der Waals surface area (Å²) in [5, 5.41) is 10.9. The molecule has 4 heterocycles. The zero-order chi connectivity index (χ0) is 18.8. The minimum Gasteiger partial charge on any atom is -0.472 e. The smallest absolute Gasteiger partial charge is 0.257 e. The first kappa shape index (κ1) is 17.5. The van der Waals surface area contributed by atoms with Crippen LogP contribution in [0.15, 0.2) is 42.2 Å². The summed E-state index contributed by atoms with van der Waals surface area (Å²) in [6.45, 7) is 2.56. The first-order chi connectivity index (χ1) is 13.1. The van der Waals surface area contributed by atoms with Gasteiger partial charge in [0.05, 0.1) is 24.5 Å². The first-order valence-electron chi connectivity index (χ1n) is 8.75. The van der Waals surface area contributed by atoms with E-state index >= 15 is 0 Å². The van der Waals surface area contributed by atoms with Crippen molar-refractivity contribution in [1.82, 2.24) is 24.9 Å². The number of pyridine rings is 1. The Balaban J connectivity index is 1.52. The molecule has 27 heavy (non-hydrogen) atoms. The topological polar surface area (TPSA) is 99.2 Å². The predicted molar refractivity (Wildman–Crippen MR) is 102 cm³/mol. The van der Waals surface area contributed by atoms with E-state index in [2.05, 4.69) is 22.1 Å². The average molecular weight is 384 g/mol. The molecule has 9 heteroatoms. The molecule has 0 radical (unpaired) electrons. The maximum Gasteiger partial charge on any atom is 0.257 e. The van der Waals surface area contributed by atoms with E-state index in [1.54, 1.807) is 30.7 Å². The van der Waals surface area contributed by atoms with Gasteiger partial charge in [-0.25, -0.2) is 4.98 Å². The molecule has 8 nitrogen and oxygen atoms in total. The fraction of sp³-hybridized carbons (Fsp3) is 0.333. The second kappa shape index (κ2) is 7.36. The summed E-state index contributed by atoms with van der Waals surface area (Å²) in [5.41, 5.74) is 7.00. The van der Waals surface area contributed by atoms with E-state index in [0.717, 1.165) is 17.8 Å². The van der Waals surface area contributed by atoms with E-state index in [4.69, 9.17) is 10.5 Å². The Morgan fingerprint density at radius 1 is 1.26 bits per heavy atom. The third kappa shape index (κ3) is 3.63. The molecule has 0 spiro atoms. The van der Waals surface area contributed by atoms with Gasteiger partial charge in [0.2, 0.25) is 5.88 Å². The lowest BCUT2D eigenvalue weighted by Gasteiger charge is -2.37. The summed E-state index contributed by atoms with van der Waals surface area (Å²) in [5.74, 6) is 0.448. The molecule has 4 rings (SSSR count). The lowest BCUT2D eigenvalue weighted by Crippen LogP contribution is -2.49. The highest BCUT2D eigenvalue weighted by molar-refractivity contribution is 7.12. The van der Waals surface area contributed by atoms with Crippen molar-refractivity contribution in [2.75, 3.05) is 12.3 Å². The number of aromatic nitrogens is 4. The van der Waals surface area contributed by atoms with Crippen molar-refractivity contribution in [2.24, 2.45) is 0 Å². The van der Waals surface area contributed by atoms with Gasteiger partial charge in [-0.1, -0.05) is 0 Å². The molecule has 1 saturated heterocycles. The molecule has 0 aliphatic carbocycles. The number of hydrogen-bond donors (Lipinski definition) is 1. The van der Waals surface area contributed by atoms with E-state index in [1.165, 1.54) is 16.1 Å². The quantitative estimate of drug-likeness (QED) is 0.741. The Hall–Kier alpha value is -2.94. The van der Waals surface area contributed by atoms with Crippen molar-refractivity contribution in [1.29, 1.82) is 0 Å². The standard InChI is InChI=1S/C18H20N6O2S/c1-12-2-3-14(26-16-10-13(19)4-6-20-16)11-23(12)17(25)15-5-9-27-18(15)24-21-7-8-22-24/h4-10,12,14H,2-3,11H2,1H3,(H2,19,20)/t12-,14-/m1/s1. The Morgan fingerprint density at radius 2 is 2.07 bits per heavy atom. The monoisotopic (exact) mass is 384 g/mol. The molecule has 1 aliphatic heterocycles. The van der Waals surface area contributed by atoms with Crippen LogP contribution in [0, 0.1) is 0 Å². The van der Waals surface area contributed by atoms with Gasteiger partial charge >= 0.3 is 0 Å². The highest BCUT2D eigenvalue weighted by Gasteiger charge is 2.32. The van der Waals surface area contributed by atoms with E-state index in [-0.39, 0.29) is 18.1 Å². The van der Waals surface area contributed by atoms with Crippen LogP contribution in [0.25, 0.3) is 5.00 Å². The van der Waals surface area contributed by atoms with Crippen LogP contribution < -0.4 is 10.5 Å². The second-order valence-electron chi connectivity index (χ2n) is 6.51. The van der Waals surface area contributed by atoms with Gasteiger partial charge in [0.15, 0.2) is 5.00 Å². The zero-order valence-electron chi connectivity index (χ0n) is 14.9. The number of carbonyl (C=O) groups is 1. The molecule has 0 unspecified atom stereocenters. The van der Waals surface area contributed by atoms with Crippen molar-refractivity contribution < 1.29 is 9.53 Å². The van der Waals surface area contributed by atoms with Gasteiger partial charge in [0.25, 0.3) is 5.91 Å². The normalized spacial score (nSPS) is 19.8. The summed E-state index contributed by atoms with van der Waals surface area (Å²) in [6, 6.07) is 5.37. The molecular weight excluding hydrogens is 364 g/mol. The third-order valence-corrected chi connectivity index (χ3v) is 5.50. The lowest BCUT2D eigenvalue weighted by molar-refractivity contribution is 0.0373. The molecule has 0 saturated carbocycles. The number of rotatable bonds is 4. The minimum atomic E-state index is -0.121. The van der Waals surface area contributed by atoms with Crippen LogP contribution in [0.3, 0.4) is 0 Å². The Bertz CT molecular complexity index is 926. The van der Waals surface area contributed by atoms with Crippen molar-refractivity contribution in [3.63, 3.8) is 0 Å². The third-order valence-electron chi connectivity index (χ3n) is 4.62. The van der Waals surface area contributed by atoms with Crippen LogP contribution in [-0.2, 0) is 0 Å². The van der Waals surface area contributed by atoms with Crippen molar-refractivity contribution in [2.45, 2.75) is 31.9 Å². The number of hydrogen-bond acceptors (Lipinski definition) is 7. The van der Waals surface area contributed by atoms with E-state index in [1.807, 2.05) is 16.3 Å². The fourth-order valence-electron chi connectivity index (χ4n) is 3.21. The Labute approximate surface area is 160 Å². The van der Waals surface area contributed by atoms with Crippen LogP contribution in [0.1, 0.15) is 30.1 Å². The van der Waals surface area contributed by atoms with Crippen molar-refractivity contribution >= 4 is 22.9 Å². The van der Waals surface area contributed by atoms with Crippen molar-refractivity contribution in [3.05, 3.63) is 47.7 Å². The molecule has 0 aromatic carbocycles. The van der Waals surface area contributed by atoms with Crippen LogP contribution in [0.2, 0.25) is 0 Å². The summed E-state index contributed by atoms with van der Waals surface area (Å²) >= 11 is 1.44. The summed E-state index contributed by atoms with van der Waals surface area (Å²) in [6.07, 6.45) is 6.41. The molecule has 140 valence electrons. The number of carbonyl (C=O) groups excluding carboxylic acids is 1. The number of thiophene rings is 1. The van der Waals surface area contributed by atoms with E-state index < -0.39 is 0 Å². The number of nitrogen functional groups attached to an aromatic ring is 1. The second-order valence-corrected chi connectivity index (χ2v) is 7.40. The first-order valence-corrected chi connectivity index (χ1v) is 9.63. The fourth-order valence-corrected chi connectivity index (χ4v) is 4.01. The maximum absolute atomic E-state index is 13.2. The molecule has 3 aromatic rings. The van der Waals surface area contributed by atoms with E-state index in [0.29, 0.717) is 23.7 Å². The zero-order valence-corrected chi connectivity index (χ0v) is 15.7. The van der Waals surface area contributed by atoms with Crippen molar-refractivity contribution in [3.8, 4) is 10.9 Å². The highest BCUT2D eigenvalue weighted by Crippen LogP contribution is 2.27. The average Bonchev–Trinajstić information content (AvgIpc) is 3.34. The van der Waals surface area contributed by atoms with Gasteiger partial charge in [-0.05, 0) is 37.3 Å². The summed E-state index contributed by atoms with van der Waals surface area (Å²) in [4.78, 5) is 20.7. The molecular formula is C18H20N6O2S. The number of piperidine rings is 1. The Kier molecular flexibility index (Phi) is 4.76. The van der Waals surface area contributed by atoms with Gasteiger partial charge < -0.3 is 15.4 Å². The highest BCUT2D eigenvalue weighted by atomic mass is 32.1. The molecule has 1 fully saturated rings.